The smallest absolute Gasteiger partial charge is 0.304 e. The zero-order valence-corrected chi connectivity index (χ0v) is 10.0. The van der Waals surface area contributed by atoms with E-state index in [0.29, 0.717) is 12.6 Å². The van der Waals surface area contributed by atoms with Gasteiger partial charge in [0.25, 0.3) is 0 Å². The van der Waals surface area contributed by atoms with E-state index in [-0.39, 0.29) is 18.2 Å². The van der Waals surface area contributed by atoms with Gasteiger partial charge < -0.3 is 15.3 Å². The molecule has 17 heavy (non-hydrogen) atoms. The Labute approximate surface area is 101 Å². The molecule has 2 rings (SSSR count). The van der Waals surface area contributed by atoms with Gasteiger partial charge in [-0.15, -0.1) is 0 Å². The lowest BCUT2D eigenvalue weighted by atomic mass is 9.96. The molecule has 0 radical (unpaired) electrons. The zero-order valence-electron chi connectivity index (χ0n) is 10.0. The fourth-order valence-electron chi connectivity index (χ4n) is 2.22. The van der Waals surface area contributed by atoms with Crippen molar-refractivity contribution < 1.29 is 14.7 Å². The molecular formula is C12H20N2O3. The molecule has 0 aromatic carbocycles. The van der Waals surface area contributed by atoms with Crippen molar-refractivity contribution in [1.29, 1.82) is 0 Å². The van der Waals surface area contributed by atoms with E-state index >= 15 is 0 Å². The molecule has 0 aromatic rings. The number of likely N-dealkylation sites (tertiary alicyclic amines) is 1. The van der Waals surface area contributed by atoms with Crippen molar-refractivity contribution in [2.45, 2.75) is 38.1 Å². The zero-order chi connectivity index (χ0) is 12.3. The third-order valence-electron chi connectivity index (χ3n) is 3.52. The van der Waals surface area contributed by atoms with E-state index in [1.165, 1.54) is 0 Å². The number of amides is 1. The van der Waals surface area contributed by atoms with Gasteiger partial charge >= 0.3 is 5.97 Å². The molecular weight excluding hydrogens is 220 g/mol. The van der Waals surface area contributed by atoms with Gasteiger partial charge in [0, 0.05) is 18.5 Å². The molecule has 96 valence electrons. The molecule has 0 atom stereocenters. The number of piperidine rings is 1. The predicted molar refractivity (Wildman–Crippen MR) is 62.6 cm³/mol. The van der Waals surface area contributed by atoms with Crippen LogP contribution in [-0.4, -0.2) is 47.6 Å². The molecule has 0 aromatic heterocycles. The molecule has 2 fully saturated rings. The molecule has 5 nitrogen and oxygen atoms in total. The molecule has 1 aliphatic carbocycles. The quantitative estimate of drug-likeness (QED) is 0.732. The highest BCUT2D eigenvalue weighted by Gasteiger charge is 2.29. The van der Waals surface area contributed by atoms with Crippen molar-refractivity contribution >= 4 is 11.9 Å². The summed E-state index contributed by atoms with van der Waals surface area (Å²) >= 11 is 0. The summed E-state index contributed by atoms with van der Waals surface area (Å²) in [6.45, 7) is 2.29. The van der Waals surface area contributed by atoms with Gasteiger partial charge in [0.2, 0.25) is 5.91 Å². The van der Waals surface area contributed by atoms with E-state index in [4.69, 9.17) is 5.11 Å². The lowest BCUT2D eigenvalue weighted by molar-refractivity contribution is -0.137. The van der Waals surface area contributed by atoms with Gasteiger partial charge in [-0.25, -0.2) is 0 Å². The highest BCUT2D eigenvalue weighted by molar-refractivity contribution is 5.79. The van der Waals surface area contributed by atoms with Crippen molar-refractivity contribution in [3.63, 3.8) is 0 Å². The van der Waals surface area contributed by atoms with Crippen molar-refractivity contribution in [2.75, 3.05) is 19.6 Å². The van der Waals surface area contributed by atoms with E-state index in [1.54, 1.807) is 0 Å². The van der Waals surface area contributed by atoms with Crippen molar-refractivity contribution in [3.8, 4) is 0 Å². The first-order chi connectivity index (χ1) is 8.15. The Bertz CT molecular complexity index is 294. The largest absolute Gasteiger partial charge is 0.481 e. The number of carbonyl (C=O) groups excluding carboxylic acids is 1. The van der Waals surface area contributed by atoms with Gasteiger partial charge in [-0.05, 0) is 38.8 Å². The summed E-state index contributed by atoms with van der Waals surface area (Å²) < 4.78 is 0. The fraction of sp³-hybridized carbons (Fsp3) is 0.833. The van der Waals surface area contributed by atoms with E-state index in [2.05, 4.69) is 10.2 Å². The average molecular weight is 240 g/mol. The Balaban J connectivity index is 1.66. The Morgan fingerprint density at radius 3 is 2.35 bits per heavy atom. The number of hydrogen-bond donors (Lipinski definition) is 2. The Hall–Kier alpha value is -1.10. The van der Waals surface area contributed by atoms with Crippen LogP contribution in [0.2, 0.25) is 0 Å². The van der Waals surface area contributed by atoms with E-state index in [9.17, 15) is 9.59 Å². The second-order valence-corrected chi connectivity index (χ2v) is 5.04. The third kappa shape index (κ3) is 4.00. The summed E-state index contributed by atoms with van der Waals surface area (Å²) in [5.41, 5.74) is 0. The van der Waals surface area contributed by atoms with Gasteiger partial charge in [0.1, 0.15) is 0 Å². The second-order valence-electron chi connectivity index (χ2n) is 5.04. The summed E-state index contributed by atoms with van der Waals surface area (Å²) in [7, 11) is 0. The maximum absolute atomic E-state index is 11.8. The summed E-state index contributed by atoms with van der Waals surface area (Å²) in [6.07, 6.45) is 4.17. The van der Waals surface area contributed by atoms with Crippen LogP contribution < -0.4 is 5.32 Å². The van der Waals surface area contributed by atoms with Crippen molar-refractivity contribution in [1.82, 2.24) is 10.2 Å². The number of carbonyl (C=O) groups is 2. The molecule has 5 heteroatoms. The van der Waals surface area contributed by atoms with Gasteiger partial charge in [-0.1, -0.05) is 0 Å². The number of nitrogens with zero attached hydrogens (tertiary/aromatic N) is 1. The first kappa shape index (κ1) is 12.4. The number of nitrogens with one attached hydrogen (secondary N) is 1. The number of hydrogen-bond acceptors (Lipinski definition) is 3. The van der Waals surface area contributed by atoms with E-state index in [0.717, 1.165) is 38.8 Å². The Kier molecular flexibility index (Phi) is 3.99. The van der Waals surface area contributed by atoms with Crippen LogP contribution in [0.3, 0.4) is 0 Å². The SMILES string of the molecule is O=C(O)CCN1CCC(C(=O)NC2CC2)CC1. The van der Waals surface area contributed by atoms with Crippen LogP contribution in [0, 0.1) is 5.92 Å². The fourth-order valence-corrected chi connectivity index (χ4v) is 2.22. The maximum atomic E-state index is 11.8. The molecule has 0 bridgehead atoms. The minimum atomic E-state index is -0.751. The van der Waals surface area contributed by atoms with Crippen LogP contribution in [0.5, 0.6) is 0 Å². The Morgan fingerprint density at radius 1 is 1.18 bits per heavy atom. The van der Waals surface area contributed by atoms with Crippen LogP contribution in [0.25, 0.3) is 0 Å². The Morgan fingerprint density at radius 2 is 1.82 bits per heavy atom. The standard InChI is InChI=1S/C12H20N2O3/c15-11(16)5-8-14-6-3-9(4-7-14)12(17)13-10-1-2-10/h9-10H,1-8H2,(H,13,17)(H,15,16). The van der Waals surface area contributed by atoms with Gasteiger partial charge in [0.05, 0.1) is 6.42 Å². The lowest BCUT2D eigenvalue weighted by Crippen LogP contribution is -2.41. The molecule has 2 N–H and O–H groups in total. The van der Waals surface area contributed by atoms with Crippen molar-refractivity contribution in [2.24, 2.45) is 5.92 Å². The minimum Gasteiger partial charge on any atom is -0.481 e. The van der Waals surface area contributed by atoms with E-state index < -0.39 is 5.97 Å². The first-order valence-electron chi connectivity index (χ1n) is 6.39. The van der Waals surface area contributed by atoms with E-state index in [1.807, 2.05) is 0 Å². The highest BCUT2D eigenvalue weighted by atomic mass is 16.4. The molecule has 0 unspecified atom stereocenters. The number of carboxylic acid groups (broad SMARTS) is 1. The number of aliphatic carboxylic acids is 1. The van der Waals surface area contributed by atoms with Crippen LogP contribution in [0.4, 0.5) is 0 Å². The summed E-state index contributed by atoms with van der Waals surface area (Å²) in [5, 5.41) is 11.6. The van der Waals surface area contributed by atoms with Crippen LogP contribution in [0.15, 0.2) is 0 Å². The van der Waals surface area contributed by atoms with Crippen LogP contribution in [-0.2, 0) is 9.59 Å². The second kappa shape index (κ2) is 5.49. The molecule has 1 aliphatic heterocycles. The lowest BCUT2D eigenvalue weighted by Gasteiger charge is -2.30. The molecule has 1 saturated heterocycles. The topological polar surface area (TPSA) is 69.6 Å². The molecule has 1 heterocycles. The molecule has 0 spiro atoms. The van der Waals surface area contributed by atoms with Crippen LogP contribution >= 0.6 is 0 Å². The van der Waals surface area contributed by atoms with Gasteiger partial charge in [-0.3, -0.25) is 9.59 Å². The monoisotopic (exact) mass is 240 g/mol. The predicted octanol–water partition coefficient (Wildman–Crippen LogP) is 0.452. The highest BCUT2D eigenvalue weighted by Crippen LogP contribution is 2.22. The minimum absolute atomic E-state index is 0.136. The van der Waals surface area contributed by atoms with Crippen LogP contribution in [0.1, 0.15) is 32.1 Å². The number of carboxylic acids is 1. The first-order valence-corrected chi connectivity index (χ1v) is 6.39. The summed E-state index contributed by atoms with van der Waals surface area (Å²) in [4.78, 5) is 24.4. The number of rotatable bonds is 5. The van der Waals surface area contributed by atoms with Crippen molar-refractivity contribution in [3.05, 3.63) is 0 Å². The summed E-state index contributed by atoms with van der Waals surface area (Å²) in [5.74, 6) is -0.416. The average Bonchev–Trinajstić information content (AvgIpc) is 3.11. The molecule has 1 amide bonds. The molecule has 2 aliphatic rings. The normalized spacial score (nSPS) is 22.4. The molecule has 1 saturated carbocycles. The maximum Gasteiger partial charge on any atom is 0.304 e. The summed E-state index contributed by atoms with van der Waals surface area (Å²) in [6, 6.07) is 0.438. The third-order valence-corrected chi connectivity index (χ3v) is 3.52. The van der Waals surface area contributed by atoms with Gasteiger partial charge in [0.15, 0.2) is 0 Å². The van der Waals surface area contributed by atoms with Gasteiger partial charge in [-0.2, -0.15) is 0 Å².